The number of amides is 2. The van der Waals surface area contributed by atoms with Crippen LogP contribution in [0.15, 0.2) is 71.6 Å². The summed E-state index contributed by atoms with van der Waals surface area (Å²) in [5.74, 6) is -0.0467. The van der Waals surface area contributed by atoms with Gasteiger partial charge in [0.05, 0.1) is 14.2 Å². The molecule has 0 aliphatic heterocycles. The second-order valence-corrected chi connectivity index (χ2v) is 8.58. The molecule has 4 N–H and O–H groups in total. The molecule has 34 heavy (non-hydrogen) atoms. The van der Waals surface area contributed by atoms with Gasteiger partial charge in [-0.15, -0.1) is 0 Å². The number of ether oxygens (including phenoxy) is 3. The summed E-state index contributed by atoms with van der Waals surface area (Å²) >= 11 is 0. The van der Waals surface area contributed by atoms with E-state index in [0.29, 0.717) is 22.7 Å². The van der Waals surface area contributed by atoms with Crippen molar-refractivity contribution < 1.29 is 32.2 Å². The van der Waals surface area contributed by atoms with E-state index in [4.69, 9.17) is 19.9 Å². The van der Waals surface area contributed by atoms with E-state index in [2.05, 4.69) is 10.0 Å². The lowest BCUT2D eigenvalue weighted by molar-refractivity contribution is -0.118. The van der Waals surface area contributed by atoms with Crippen LogP contribution in [0.4, 0.5) is 11.4 Å². The number of nitrogens with two attached hydrogens (primary N) is 1. The number of rotatable bonds is 10. The zero-order chi connectivity index (χ0) is 24.7. The smallest absolute Gasteiger partial charge is 0.265 e. The van der Waals surface area contributed by atoms with Crippen LogP contribution in [0.3, 0.4) is 0 Å². The van der Waals surface area contributed by atoms with E-state index >= 15 is 0 Å². The quantitative estimate of drug-likeness (QED) is 0.400. The van der Waals surface area contributed by atoms with E-state index in [-0.39, 0.29) is 22.9 Å². The summed E-state index contributed by atoms with van der Waals surface area (Å²) in [6.07, 6.45) is 0. The summed E-state index contributed by atoms with van der Waals surface area (Å²) in [6.45, 7) is -0.339. The van der Waals surface area contributed by atoms with E-state index < -0.39 is 21.8 Å². The maximum Gasteiger partial charge on any atom is 0.265 e. The van der Waals surface area contributed by atoms with Crippen LogP contribution in [0.1, 0.15) is 10.4 Å². The number of primary amides is 1. The molecule has 0 atom stereocenters. The molecule has 0 spiro atoms. The van der Waals surface area contributed by atoms with Gasteiger partial charge >= 0.3 is 0 Å². The van der Waals surface area contributed by atoms with Gasteiger partial charge in [-0.3, -0.25) is 14.3 Å². The molecule has 0 bridgehead atoms. The zero-order valence-corrected chi connectivity index (χ0v) is 19.2. The molecule has 0 aliphatic carbocycles. The average Bonchev–Trinajstić information content (AvgIpc) is 2.83. The minimum Gasteiger partial charge on any atom is -0.497 e. The number of methoxy groups -OCH3 is 2. The highest BCUT2D eigenvalue weighted by molar-refractivity contribution is 7.92. The second-order valence-electron chi connectivity index (χ2n) is 6.93. The number of nitrogens with one attached hydrogen (secondary N) is 2. The fourth-order valence-corrected chi connectivity index (χ4v) is 4.15. The van der Waals surface area contributed by atoms with E-state index in [0.717, 1.165) is 0 Å². The first-order valence-electron chi connectivity index (χ1n) is 9.89. The monoisotopic (exact) mass is 485 g/mol. The molecule has 0 unspecified atom stereocenters. The first kappa shape index (κ1) is 24.4. The van der Waals surface area contributed by atoms with Crippen molar-refractivity contribution in [3.63, 3.8) is 0 Å². The van der Waals surface area contributed by atoms with E-state index in [1.165, 1.54) is 56.7 Å². The molecule has 0 heterocycles. The molecule has 0 aliphatic rings. The van der Waals surface area contributed by atoms with Crippen molar-refractivity contribution in [3.8, 4) is 17.2 Å². The van der Waals surface area contributed by atoms with E-state index in [1.807, 2.05) is 0 Å². The third kappa shape index (κ3) is 6.17. The Labute approximate surface area is 196 Å². The highest BCUT2D eigenvalue weighted by atomic mass is 32.2. The lowest BCUT2D eigenvalue weighted by atomic mass is 10.2. The predicted molar refractivity (Wildman–Crippen MR) is 126 cm³/mol. The van der Waals surface area contributed by atoms with Crippen molar-refractivity contribution in [2.24, 2.45) is 5.73 Å². The standard InChI is InChI=1S/C23H23N3O7S/c1-31-18-10-5-16(6-11-18)26-34(29,30)21-13-17(7-12-20(21)32-2)25-22(27)14-33-19-8-3-15(4-9-19)23(24)28/h3-13,26H,14H2,1-2H3,(H2,24,28)(H,25,27). The Morgan fingerprint density at radius 3 is 2.06 bits per heavy atom. The van der Waals surface area contributed by atoms with Gasteiger partial charge in [0.15, 0.2) is 6.61 Å². The van der Waals surface area contributed by atoms with Crippen LogP contribution < -0.4 is 30.0 Å². The topological polar surface area (TPSA) is 146 Å². The summed E-state index contributed by atoms with van der Waals surface area (Å²) in [4.78, 5) is 23.3. The Morgan fingerprint density at radius 2 is 1.47 bits per heavy atom. The SMILES string of the molecule is COc1ccc(NS(=O)(=O)c2cc(NC(=O)COc3ccc(C(N)=O)cc3)ccc2OC)cc1. The van der Waals surface area contributed by atoms with Crippen LogP contribution in [0, 0.1) is 0 Å². The predicted octanol–water partition coefficient (Wildman–Crippen LogP) is 2.62. The Bertz CT molecular complexity index is 1270. The highest BCUT2D eigenvalue weighted by Gasteiger charge is 2.21. The van der Waals surface area contributed by atoms with Crippen LogP contribution in [-0.4, -0.2) is 41.1 Å². The number of hydrogen-bond acceptors (Lipinski definition) is 7. The number of carbonyl (C=O) groups excluding carboxylic acids is 2. The van der Waals surface area contributed by atoms with Crippen LogP contribution in [0.2, 0.25) is 0 Å². The Balaban J connectivity index is 1.70. The average molecular weight is 486 g/mol. The molecule has 0 aromatic heterocycles. The number of carbonyl (C=O) groups is 2. The van der Waals surface area contributed by atoms with Crippen molar-refractivity contribution in [2.75, 3.05) is 30.9 Å². The first-order chi connectivity index (χ1) is 16.2. The number of anilines is 2. The van der Waals surface area contributed by atoms with Gasteiger partial charge in [-0.25, -0.2) is 8.42 Å². The van der Waals surface area contributed by atoms with Crippen LogP contribution in [-0.2, 0) is 14.8 Å². The molecule has 0 saturated carbocycles. The maximum atomic E-state index is 13.0. The highest BCUT2D eigenvalue weighted by Crippen LogP contribution is 2.29. The lowest BCUT2D eigenvalue weighted by Gasteiger charge is -2.14. The summed E-state index contributed by atoms with van der Waals surface area (Å²) < 4.78 is 44.0. The molecule has 11 heteroatoms. The van der Waals surface area contributed by atoms with Gasteiger partial charge in [-0.1, -0.05) is 0 Å². The number of benzene rings is 3. The molecule has 3 aromatic carbocycles. The van der Waals surface area contributed by atoms with Gasteiger partial charge < -0.3 is 25.3 Å². The van der Waals surface area contributed by atoms with Gasteiger partial charge in [-0.05, 0) is 66.7 Å². The Morgan fingerprint density at radius 1 is 0.853 bits per heavy atom. The van der Waals surface area contributed by atoms with E-state index in [9.17, 15) is 18.0 Å². The van der Waals surface area contributed by atoms with Gasteiger partial charge in [0.25, 0.3) is 15.9 Å². The summed E-state index contributed by atoms with van der Waals surface area (Å²) in [5.41, 5.74) is 6.05. The van der Waals surface area contributed by atoms with Crippen molar-refractivity contribution >= 4 is 33.2 Å². The van der Waals surface area contributed by atoms with Crippen LogP contribution >= 0.6 is 0 Å². The normalized spacial score (nSPS) is 10.8. The molecule has 10 nitrogen and oxygen atoms in total. The number of hydrogen-bond donors (Lipinski definition) is 3. The fourth-order valence-electron chi connectivity index (χ4n) is 2.90. The van der Waals surface area contributed by atoms with Crippen LogP contribution in [0.25, 0.3) is 0 Å². The summed E-state index contributed by atoms with van der Waals surface area (Å²) in [6, 6.07) is 16.5. The van der Waals surface area contributed by atoms with E-state index in [1.54, 1.807) is 24.3 Å². The molecular weight excluding hydrogens is 462 g/mol. The van der Waals surface area contributed by atoms with Crippen molar-refractivity contribution in [1.82, 2.24) is 0 Å². The third-order valence-electron chi connectivity index (χ3n) is 4.59. The molecule has 3 rings (SSSR count). The fraction of sp³-hybridized carbons (Fsp3) is 0.130. The molecular formula is C23H23N3O7S. The van der Waals surface area contributed by atoms with Crippen molar-refractivity contribution in [2.45, 2.75) is 4.90 Å². The molecule has 3 aromatic rings. The molecule has 0 fully saturated rings. The molecule has 0 saturated heterocycles. The molecule has 2 amide bonds. The van der Waals surface area contributed by atoms with Crippen LogP contribution in [0.5, 0.6) is 17.2 Å². The number of sulfonamides is 1. The third-order valence-corrected chi connectivity index (χ3v) is 5.99. The van der Waals surface area contributed by atoms with Gasteiger partial charge in [0.2, 0.25) is 5.91 Å². The van der Waals surface area contributed by atoms with Gasteiger partial charge in [-0.2, -0.15) is 0 Å². The van der Waals surface area contributed by atoms with Gasteiger partial charge in [0, 0.05) is 16.9 Å². The largest absolute Gasteiger partial charge is 0.497 e. The zero-order valence-electron chi connectivity index (χ0n) is 18.4. The Hall–Kier alpha value is -4.25. The maximum absolute atomic E-state index is 13.0. The Kier molecular flexibility index (Phi) is 7.59. The van der Waals surface area contributed by atoms with Gasteiger partial charge in [0.1, 0.15) is 22.1 Å². The second kappa shape index (κ2) is 10.6. The molecule has 178 valence electrons. The lowest BCUT2D eigenvalue weighted by Crippen LogP contribution is -2.21. The van der Waals surface area contributed by atoms with Crippen molar-refractivity contribution in [1.29, 1.82) is 0 Å². The first-order valence-corrected chi connectivity index (χ1v) is 11.4. The minimum atomic E-state index is -4.04. The summed E-state index contributed by atoms with van der Waals surface area (Å²) in [7, 11) is -1.18. The summed E-state index contributed by atoms with van der Waals surface area (Å²) in [5, 5.41) is 2.58. The minimum absolute atomic E-state index is 0.102. The van der Waals surface area contributed by atoms with Crippen molar-refractivity contribution in [3.05, 3.63) is 72.3 Å². The molecule has 0 radical (unpaired) electrons.